The van der Waals surface area contributed by atoms with Gasteiger partial charge in [-0.05, 0) is 58.7 Å². The number of hydrogen-bond acceptors (Lipinski definition) is 4. The molecule has 3 aromatic rings. The molecule has 2 unspecified atom stereocenters. The molecular formula is C27H25NO4. The third kappa shape index (κ3) is 3.04. The summed E-state index contributed by atoms with van der Waals surface area (Å²) in [5.41, 5.74) is 11.9. The van der Waals surface area contributed by atoms with Crippen LogP contribution >= 0.6 is 0 Å². The van der Waals surface area contributed by atoms with Crippen LogP contribution < -0.4 is 5.73 Å². The molecule has 0 amide bonds. The molecule has 0 saturated heterocycles. The van der Waals surface area contributed by atoms with Crippen molar-refractivity contribution in [1.82, 2.24) is 0 Å². The van der Waals surface area contributed by atoms with E-state index in [2.05, 4.69) is 24.3 Å². The van der Waals surface area contributed by atoms with Crippen LogP contribution in [0.4, 0.5) is 0 Å². The molecule has 0 spiro atoms. The van der Waals surface area contributed by atoms with E-state index in [9.17, 15) is 14.7 Å². The second-order valence-electron chi connectivity index (χ2n) is 8.78. The third-order valence-corrected chi connectivity index (χ3v) is 7.05. The van der Waals surface area contributed by atoms with E-state index in [0.717, 1.165) is 33.4 Å². The van der Waals surface area contributed by atoms with Crippen molar-refractivity contribution >= 4 is 11.9 Å². The normalized spacial score (nSPS) is 21.4. The summed E-state index contributed by atoms with van der Waals surface area (Å²) in [7, 11) is 0. The van der Waals surface area contributed by atoms with Gasteiger partial charge in [0.05, 0.1) is 0 Å². The Bertz CT molecular complexity index is 1190. The minimum atomic E-state index is -1.69. The molecular weight excluding hydrogens is 402 g/mol. The predicted molar refractivity (Wildman–Crippen MR) is 121 cm³/mol. The number of ether oxygens (including phenoxy) is 1. The van der Waals surface area contributed by atoms with Gasteiger partial charge < -0.3 is 15.6 Å². The lowest BCUT2D eigenvalue weighted by atomic mass is 9.69. The minimum absolute atomic E-state index is 0.0936. The second kappa shape index (κ2) is 7.61. The summed E-state index contributed by atoms with van der Waals surface area (Å²) in [6, 6.07) is 21.8. The molecule has 2 aliphatic rings. The highest BCUT2D eigenvalue weighted by molar-refractivity contribution is 5.92. The number of carbonyl (C=O) groups is 2. The molecule has 0 saturated carbocycles. The Labute approximate surface area is 186 Å². The van der Waals surface area contributed by atoms with Crippen LogP contribution in [0.2, 0.25) is 0 Å². The number of hydrogen-bond donors (Lipinski definition) is 2. The summed E-state index contributed by atoms with van der Waals surface area (Å²) in [5.74, 6) is -2.90. The molecule has 2 aliphatic carbocycles. The van der Waals surface area contributed by atoms with Gasteiger partial charge in [-0.1, -0.05) is 66.7 Å². The number of aliphatic carboxylic acids is 1. The van der Waals surface area contributed by atoms with Crippen LogP contribution in [0.1, 0.15) is 46.1 Å². The van der Waals surface area contributed by atoms with Gasteiger partial charge >= 0.3 is 11.9 Å². The van der Waals surface area contributed by atoms with Gasteiger partial charge in [-0.15, -0.1) is 0 Å². The minimum Gasteiger partial charge on any atom is -0.480 e. The monoisotopic (exact) mass is 427 g/mol. The Morgan fingerprint density at radius 3 is 2.19 bits per heavy atom. The number of fused-ring (bicyclic) bond motifs is 4. The molecule has 0 heterocycles. The van der Waals surface area contributed by atoms with Gasteiger partial charge in [0.2, 0.25) is 0 Å². The summed E-state index contributed by atoms with van der Waals surface area (Å²) in [6.07, 6.45) is 0.715. The average molecular weight is 428 g/mol. The van der Waals surface area contributed by atoms with Gasteiger partial charge in [-0.25, -0.2) is 0 Å². The van der Waals surface area contributed by atoms with Crippen molar-refractivity contribution in [2.45, 2.75) is 37.1 Å². The van der Waals surface area contributed by atoms with E-state index >= 15 is 0 Å². The van der Waals surface area contributed by atoms with E-state index < -0.39 is 23.4 Å². The molecule has 0 aliphatic heterocycles. The number of benzene rings is 3. The SMILES string of the molecule is Cc1cccc2c1CCC(N)(C(=O)O)C2C(=O)OCC1c2ccccc2-c2ccccc21. The highest BCUT2D eigenvalue weighted by atomic mass is 16.5. The molecule has 0 fully saturated rings. The van der Waals surface area contributed by atoms with E-state index in [-0.39, 0.29) is 18.9 Å². The maximum absolute atomic E-state index is 13.4. The number of esters is 1. The largest absolute Gasteiger partial charge is 0.480 e. The van der Waals surface area contributed by atoms with Crippen molar-refractivity contribution in [3.05, 3.63) is 94.5 Å². The van der Waals surface area contributed by atoms with Crippen molar-refractivity contribution in [2.24, 2.45) is 5.73 Å². The Balaban J connectivity index is 1.47. The molecule has 5 heteroatoms. The number of carboxylic acids is 1. The molecule has 3 aromatic carbocycles. The first-order valence-electron chi connectivity index (χ1n) is 10.9. The fourth-order valence-electron chi connectivity index (χ4n) is 5.35. The summed E-state index contributed by atoms with van der Waals surface area (Å²) < 4.78 is 5.84. The van der Waals surface area contributed by atoms with Gasteiger partial charge in [-0.3, -0.25) is 9.59 Å². The quantitative estimate of drug-likeness (QED) is 0.610. The zero-order valence-electron chi connectivity index (χ0n) is 17.9. The first kappa shape index (κ1) is 20.5. The summed E-state index contributed by atoms with van der Waals surface area (Å²) >= 11 is 0. The topological polar surface area (TPSA) is 89.6 Å². The van der Waals surface area contributed by atoms with Gasteiger partial charge in [0.15, 0.2) is 0 Å². The number of aryl methyl sites for hydroxylation is 1. The number of rotatable bonds is 4. The van der Waals surface area contributed by atoms with Crippen LogP contribution in [-0.4, -0.2) is 29.2 Å². The first-order valence-corrected chi connectivity index (χ1v) is 10.9. The van der Waals surface area contributed by atoms with E-state index in [1.165, 1.54) is 0 Å². The van der Waals surface area contributed by atoms with Gasteiger partial charge in [0.25, 0.3) is 0 Å². The van der Waals surface area contributed by atoms with Crippen LogP contribution in [0.5, 0.6) is 0 Å². The van der Waals surface area contributed by atoms with Gasteiger partial charge in [-0.2, -0.15) is 0 Å². The van der Waals surface area contributed by atoms with Crippen molar-refractivity contribution < 1.29 is 19.4 Å². The predicted octanol–water partition coefficient (Wildman–Crippen LogP) is 4.16. The zero-order chi connectivity index (χ0) is 22.5. The molecule has 0 radical (unpaired) electrons. The van der Waals surface area contributed by atoms with E-state index in [1.54, 1.807) is 6.07 Å². The molecule has 0 aromatic heterocycles. The molecule has 5 rings (SSSR count). The van der Waals surface area contributed by atoms with Crippen LogP contribution in [0.25, 0.3) is 11.1 Å². The van der Waals surface area contributed by atoms with E-state index in [4.69, 9.17) is 10.5 Å². The smallest absolute Gasteiger partial charge is 0.324 e. The fraction of sp³-hybridized carbons (Fsp3) is 0.259. The lowest BCUT2D eigenvalue weighted by molar-refractivity contribution is -0.156. The Hall–Kier alpha value is -3.44. The molecule has 3 N–H and O–H groups in total. The Morgan fingerprint density at radius 1 is 0.969 bits per heavy atom. The lowest BCUT2D eigenvalue weighted by Crippen LogP contribution is -2.57. The van der Waals surface area contributed by atoms with Crippen molar-refractivity contribution in [3.63, 3.8) is 0 Å². The first-order chi connectivity index (χ1) is 15.4. The maximum atomic E-state index is 13.4. The molecule has 32 heavy (non-hydrogen) atoms. The summed E-state index contributed by atoms with van der Waals surface area (Å²) in [4.78, 5) is 25.5. The third-order valence-electron chi connectivity index (χ3n) is 7.05. The van der Waals surface area contributed by atoms with Crippen molar-refractivity contribution in [3.8, 4) is 11.1 Å². The van der Waals surface area contributed by atoms with Gasteiger partial charge in [0, 0.05) is 5.92 Å². The average Bonchev–Trinajstić information content (AvgIpc) is 3.11. The lowest BCUT2D eigenvalue weighted by Gasteiger charge is -2.38. The molecule has 0 bridgehead atoms. The van der Waals surface area contributed by atoms with Crippen molar-refractivity contribution in [1.29, 1.82) is 0 Å². The Morgan fingerprint density at radius 2 is 1.56 bits per heavy atom. The van der Waals surface area contributed by atoms with Crippen LogP contribution in [0.3, 0.4) is 0 Å². The molecule has 5 nitrogen and oxygen atoms in total. The highest BCUT2D eigenvalue weighted by Crippen LogP contribution is 2.45. The van der Waals surface area contributed by atoms with Crippen LogP contribution in [-0.2, 0) is 20.7 Å². The fourth-order valence-corrected chi connectivity index (χ4v) is 5.35. The van der Waals surface area contributed by atoms with E-state index in [0.29, 0.717) is 12.0 Å². The number of carbonyl (C=O) groups excluding carboxylic acids is 1. The highest BCUT2D eigenvalue weighted by Gasteiger charge is 2.51. The van der Waals surface area contributed by atoms with Crippen LogP contribution in [0, 0.1) is 6.92 Å². The summed E-state index contributed by atoms with van der Waals surface area (Å²) in [5, 5.41) is 9.92. The van der Waals surface area contributed by atoms with Gasteiger partial charge in [0.1, 0.15) is 18.1 Å². The maximum Gasteiger partial charge on any atom is 0.324 e. The van der Waals surface area contributed by atoms with E-state index in [1.807, 2.05) is 43.3 Å². The second-order valence-corrected chi connectivity index (χ2v) is 8.78. The van der Waals surface area contributed by atoms with Crippen LogP contribution in [0.15, 0.2) is 66.7 Å². The summed E-state index contributed by atoms with van der Waals surface area (Å²) in [6.45, 7) is 2.11. The molecule has 162 valence electrons. The molecule has 2 atom stereocenters. The Kier molecular flexibility index (Phi) is 4.86. The number of nitrogens with two attached hydrogens (primary N) is 1. The van der Waals surface area contributed by atoms with Crippen molar-refractivity contribution in [2.75, 3.05) is 6.61 Å². The zero-order valence-corrected chi connectivity index (χ0v) is 17.9. The number of carboxylic acid groups (broad SMARTS) is 1. The standard InChI is InChI=1S/C27H25NO4/c1-16-7-6-12-22-17(16)13-14-27(28,26(30)31)24(22)25(29)32-15-23-20-10-4-2-8-18(20)19-9-3-5-11-21(19)23/h2-12,23-24H,13-15,28H2,1H3,(H,30,31).